The van der Waals surface area contributed by atoms with E-state index in [2.05, 4.69) is 42.5 Å². The predicted molar refractivity (Wildman–Crippen MR) is 142 cm³/mol. The van der Waals surface area contributed by atoms with Crippen LogP contribution in [0.1, 0.15) is 28.2 Å². The second kappa shape index (κ2) is 13.7. The number of nitriles is 1. The summed E-state index contributed by atoms with van der Waals surface area (Å²) in [5.74, 6) is -0.469. The molecule has 36 heavy (non-hydrogen) atoms. The van der Waals surface area contributed by atoms with E-state index in [9.17, 15) is 9.90 Å². The van der Waals surface area contributed by atoms with Gasteiger partial charge in [-0.3, -0.25) is 4.90 Å². The van der Waals surface area contributed by atoms with E-state index in [-0.39, 0.29) is 5.69 Å². The zero-order valence-corrected chi connectivity index (χ0v) is 21.6. The molecule has 192 valence electrons. The topological polar surface area (TPSA) is 95.7 Å². The summed E-state index contributed by atoms with van der Waals surface area (Å²) < 4.78 is 0. The van der Waals surface area contributed by atoms with Crippen molar-refractivity contribution in [1.29, 1.82) is 5.26 Å². The maximum absolute atomic E-state index is 11.3. The fourth-order valence-corrected chi connectivity index (χ4v) is 5.47. The molecule has 2 aromatic rings. The zero-order chi connectivity index (χ0) is 25.2. The van der Waals surface area contributed by atoms with Gasteiger partial charge < -0.3 is 20.2 Å². The summed E-state index contributed by atoms with van der Waals surface area (Å²) in [6, 6.07) is 13.7. The smallest absolute Gasteiger partial charge is 0.354 e. The Labute approximate surface area is 218 Å². The lowest BCUT2D eigenvalue weighted by atomic mass is 9.98. The first-order valence-electron chi connectivity index (χ1n) is 12.8. The van der Waals surface area contributed by atoms with Crippen molar-refractivity contribution >= 4 is 17.7 Å². The van der Waals surface area contributed by atoms with Crippen LogP contribution in [0, 0.1) is 16.6 Å². The van der Waals surface area contributed by atoms with Crippen molar-refractivity contribution in [2.75, 3.05) is 65.4 Å². The maximum Gasteiger partial charge on any atom is 0.354 e. The predicted octanol–water partition coefficient (Wildman–Crippen LogP) is 2.62. The molecule has 2 aliphatic heterocycles. The molecule has 0 spiro atoms. The Hall–Kier alpha value is -2.48. The van der Waals surface area contributed by atoms with Crippen LogP contribution in [0.25, 0.3) is 0 Å². The normalized spacial score (nSPS) is 24.0. The van der Waals surface area contributed by atoms with E-state index in [1.54, 1.807) is 12.1 Å². The number of carboxylic acid groups (broad SMARTS) is 1. The number of aromatic nitrogens is 1. The molecule has 2 N–H and O–H groups in total. The van der Waals surface area contributed by atoms with Crippen molar-refractivity contribution in [3.8, 4) is 5.40 Å². The van der Waals surface area contributed by atoms with E-state index < -0.39 is 5.97 Å². The van der Waals surface area contributed by atoms with Gasteiger partial charge in [-0.2, -0.15) is 5.26 Å². The third kappa shape index (κ3) is 8.29. The molecule has 9 heteroatoms. The van der Waals surface area contributed by atoms with Crippen LogP contribution in [0.3, 0.4) is 0 Å². The Morgan fingerprint density at radius 3 is 2.67 bits per heavy atom. The van der Waals surface area contributed by atoms with Crippen LogP contribution in [-0.4, -0.2) is 96.2 Å². The van der Waals surface area contributed by atoms with Gasteiger partial charge in [-0.15, -0.1) is 0 Å². The molecule has 2 aliphatic rings. The van der Waals surface area contributed by atoms with E-state index >= 15 is 0 Å². The maximum atomic E-state index is 11.3. The molecule has 0 aliphatic carbocycles. The zero-order valence-electron chi connectivity index (χ0n) is 20.8. The van der Waals surface area contributed by atoms with Crippen molar-refractivity contribution in [1.82, 2.24) is 25.0 Å². The summed E-state index contributed by atoms with van der Waals surface area (Å²) in [6.07, 6.45) is 2.11. The molecule has 2 bridgehead atoms. The van der Waals surface area contributed by atoms with Crippen LogP contribution >= 0.6 is 11.8 Å². The number of thioether (sulfide) groups is 1. The van der Waals surface area contributed by atoms with E-state index in [0.717, 1.165) is 88.9 Å². The first-order valence-corrected chi connectivity index (χ1v) is 13.6. The van der Waals surface area contributed by atoms with Gasteiger partial charge in [-0.05, 0) is 80.0 Å². The molecule has 3 unspecified atom stereocenters. The van der Waals surface area contributed by atoms with E-state index in [1.165, 1.54) is 17.3 Å². The van der Waals surface area contributed by atoms with Gasteiger partial charge in [0, 0.05) is 57.3 Å². The average Bonchev–Trinajstić information content (AvgIpc) is 2.88. The van der Waals surface area contributed by atoms with Crippen LogP contribution in [0.15, 0.2) is 47.4 Å². The molecule has 0 radical (unpaired) electrons. The highest BCUT2D eigenvalue weighted by Crippen LogP contribution is 2.19. The highest BCUT2D eigenvalue weighted by molar-refractivity contribution is 8.03. The summed E-state index contributed by atoms with van der Waals surface area (Å²) in [7, 11) is 0. The Balaban J connectivity index is 1.42. The summed E-state index contributed by atoms with van der Waals surface area (Å²) in [4.78, 5) is 24.3. The van der Waals surface area contributed by atoms with Crippen LogP contribution in [0.4, 0.5) is 0 Å². The number of aromatic carboxylic acids is 1. The van der Waals surface area contributed by atoms with Gasteiger partial charge in [0.25, 0.3) is 0 Å². The second-order valence-corrected chi connectivity index (χ2v) is 10.6. The minimum Gasteiger partial charge on any atom is -0.477 e. The Kier molecular flexibility index (Phi) is 10.1. The number of hydrogen-bond donors (Lipinski definition) is 2. The molecular formula is C27H36N6O2S. The molecule has 8 nitrogen and oxygen atoms in total. The van der Waals surface area contributed by atoms with Crippen molar-refractivity contribution < 1.29 is 9.90 Å². The first kappa shape index (κ1) is 26.6. The van der Waals surface area contributed by atoms with Crippen LogP contribution < -0.4 is 5.32 Å². The van der Waals surface area contributed by atoms with E-state index in [4.69, 9.17) is 5.26 Å². The molecule has 1 aromatic heterocycles. The van der Waals surface area contributed by atoms with Crippen molar-refractivity contribution in [2.24, 2.45) is 5.92 Å². The SMILES string of the molecule is N#CSc1ccc(CC2CNCCN3CCCN(Cc4cccc(C(=O)O)n4)CCN(CC3)C2)cc1. The number of nitrogens with one attached hydrogen (secondary N) is 1. The number of carbonyl (C=O) groups is 1. The molecule has 2 fully saturated rings. The van der Waals surface area contributed by atoms with Crippen molar-refractivity contribution in [3.63, 3.8) is 0 Å². The molecule has 1 aromatic carbocycles. The van der Waals surface area contributed by atoms with E-state index in [0.29, 0.717) is 12.5 Å². The molecular weight excluding hydrogens is 472 g/mol. The van der Waals surface area contributed by atoms with Gasteiger partial charge >= 0.3 is 5.97 Å². The molecule has 2 saturated heterocycles. The Morgan fingerprint density at radius 1 is 1.06 bits per heavy atom. The van der Waals surface area contributed by atoms with Crippen LogP contribution in [0.5, 0.6) is 0 Å². The third-order valence-corrected chi connectivity index (χ3v) is 7.59. The average molecular weight is 509 g/mol. The summed E-state index contributed by atoms with van der Waals surface area (Å²) in [5, 5.41) is 24.0. The largest absolute Gasteiger partial charge is 0.477 e. The Morgan fingerprint density at radius 2 is 1.86 bits per heavy atom. The second-order valence-electron chi connectivity index (χ2n) is 9.70. The lowest BCUT2D eigenvalue weighted by Crippen LogP contribution is -2.48. The van der Waals surface area contributed by atoms with Gasteiger partial charge in [-0.25, -0.2) is 9.78 Å². The highest BCUT2D eigenvalue weighted by atomic mass is 32.2. The number of benzene rings is 1. The van der Waals surface area contributed by atoms with Crippen molar-refractivity contribution in [2.45, 2.75) is 24.3 Å². The number of carboxylic acids is 1. The fraction of sp³-hybridized carbons (Fsp3) is 0.519. The summed E-state index contributed by atoms with van der Waals surface area (Å²) in [5.41, 5.74) is 2.24. The van der Waals surface area contributed by atoms with Gasteiger partial charge in [0.1, 0.15) is 11.1 Å². The van der Waals surface area contributed by atoms with Crippen LogP contribution in [-0.2, 0) is 13.0 Å². The molecule has 3 heterocycles. The molecule has 0 amide bonds. The van der Waals surface area contributed by atoms with Gasteiger partial charge in [-0.1, -0.05) is 18.2 Å². The van der Waals surface area contributed by atoms with Gasteiger partial charge in [0.05, 0.1) is 5.69 Å². The monoisotopic (exact) mass is 508 g/mol. The summed E-state index contributed by atoms with van der Waals surface area (Å²) >= 11 is 1.20. The fourth-order valence-electron chi connectivity index (χ4n) is 5.09. The molecule has 3 atom stereocenters. The van der Waals surface area contributed by atoms with Crippen LogP contribution in [0.2, 0.25) is 0 Å². The standard InChI is InChI=1S/C27H36N6O2S/c28-21-36-25-7-5-22(6-8-25)17-23-18-29-9-12-31-10-2-11-32(15-16-33(19-23)14-13-31)20-24-3-1-4-26(30-24)27(34)35/h1,3-8,23,29H,2,9-20H2,(H,34,35). The van der Waals surface area contributed by atoms with Gasteiger partial charge in [0.2, 0.25) is 0 Å². The Bertz CT molecular complexity index is 1030. The lowest BCUT2D eigenvalue weighted by molar-refractivity contribution is 0.0689. The summed E-state index contributed by atoms with van der Waals surface area (Å²) in [6.45, 7) is 10.9. The minimum absolute atomic E-state index is 0.109. The number of hydrogen-bond acceptors (Lipinski definition) is 8. The van der Waals surface area contributed by atoms with Crippen molar-refractivity contribution in [3.05, 3.63) is 59.4 Å². The third-order valence-electron chi connectivity index (χ3n) is 6.99. The molecule has 0 saturated carbocycles. The number of rotatable bonds is 6. The number of nitrogens with zero attached hydrogens (tertiary/aromatic N) is 5. The lowest BCUT2D eigenvalue weighted by Gasteiger charge is -2.36. The quantitative estimate of drug-likeness (QED) is 0.451. The number of thiocyanates is 1. The highest BCUT2D eigenvalue weighted by Gasteiger charge is 2.21. The van der Waals surface area contributed by atoms with E-state index in [1.807, 2.05) is 18.2 Å². The molecule has 4 rings (SSSR count). The first-order chi connectivity index (χ1) is 17.6. The number of pyridine rings is 1. The number of fused-ring (bicyclic) bond motifs is 3. The van der Waals surface area contributed by atoms with Gasteiger partial charge in [0.15, 0.2) is 0 Å². The minimum atomic E-state index is -0.979.